The fraction of sp³-hybridized carbons (Fsp3) is 0.973. The molecule has 6 heteroatoms. The van der Waals surface area contributed by atoms with E-state index in [0.717, 1.165) is 18.3 Å². The van der Waals surface area contributed by atoms with E-state index in [-0.39, 0.29) is 16.0 Å². The molecule has 10 atom stereocenters. The zero-order valence-corrected chi connectivity index (χ0v) is 32.8. The summed E-state index contributed by atoms with van der Waals surface area (Å²) < 4.78 is 19.6. The van der Waals surface area contributed by atoms with Gasteiger partial charge in [-0.3, -0.25) is 4.79 Å². The molecule has 4 saturated carbocycles. The van der Waals surface area contributed by atoms with Gasteiger partial charge < -0.3 is 13.6 Å². The minimum Gasteiger partial charge on any atom is -0.519 e. The molecule has 0 saturated heterocycles. The van der Waals surface area contributed by atoms with Crippen LogP contribution in [0, 0.1) is 46.3 Å². The van der Waals surface area contributed by atoms with Gasteiger partial charge in [0.15, 0.2) is 8.32 Å². The first kappa shape index (κ1) is 35.7. The Morgan fingerprint density at radius 2 is 1.42 bits per heavy atom. The maximum atomic E-state index is 13.0. The van der Waals surface area contributed by atoms with Crippen LogP contribution in [0.2, 0.25) is 36.3 Å². The molecular weight excluding hydrogens is 565 g/mol. The SMILES string of the molecule is CO[C@H]1CC2CC(O[Si](C)(C)C(C)(C)C)CC[C@]2(C)[C@H]2CC[C@]3(C)[C@@H]([C@H](C)CCC(=O)O[Si](C)(C)C(C)(C)C)CC[C@H]3[C@H]12. The van der Waals surface area contributed by atoms with Crippen molar-refractivity contribution >= 4 is 22.6 Å². The van der Waals surface area contributed by atoms with Crippen LogP contribution in [0.25, 0.3) is 0 Å². The molecular formula is C37H70O4Si2. The topological polar surface area (TPSA) is 44.8 Å². The lowest BCUT2D eigenvalue weighted by atomic mass is 9.43. The van der Waals surface area contributed by atoms with Gasteiger partial charge in [-0.15, -0.1) is 0 Å². The Labute approximate surface area is 268 Å². The largest absolute Gasteiger partial charge is 0.519 e. The van der Waals surface area contributed by atoms with E-state index >= 15 is 0 Å². The molecule has 4 nitrogen and oxygen atoms in total. The molecule has 0 aliphatic heterocycles. The van der Waals surface area contributed by atoms with Gasteiger partial charge in [-0.2, -0.15) is 0 Å². The fourth-order valence-electron chi connectivity index (χ4n) is 10.1. The predicted molar refractivity (Wildman–Crippen MR) is 185 cm³/mol. The Morgan fingerprint density at radius 3 is 2.00 bits per heavy atom. The normalized spacial score (nSPS) is 39.4. The second-order valence-electron chi connectivity index (χ2n) is 19.3. The van der Waals surface area contributed by atoms with Crippen LogP contribution in [0.3, 0.4) is 0 Å². The number of methoxy groups -OCH3 is 1. The van der Waals surface area contributed by atoms with Gasteiger partial charge in [0.1, 0.15) is 0 Å². The summed E-state index contributed by atoms with van der Waals surface area (Å²) >= 11 is 0. The maximum Gasteiger partial charge on any atom is 0.292 e. The Bertz CT molecular complexity index is 996. The summed E-state index contributed by atoms with van der Waals surface area (Å²) in [7, 11) is -1.84. The summed E-state index contributed by atoms with van der Waals surface area (Å²) in [5.74, 6) is 4.14. The third-order valence-electron chi connectivity index (χ3n) is 14.9. The molecule has 0 N–H and O–H groups in total. The summed E-state index contributed by atoms with van der Waals surface area (Å²) in [4.78, 5) is 13.0. The number of fused-ring (bicyclic) bond motifs is 5. The highest BCUT2D eigenvalue weighted by Crippen LogP contribution is 2.69. The number of ether oxygens (including phenoxy) is 1. The van der Waals surface area contributed by atoms with Crippen LogP contribution in [0.15, 0.2) is 0 Å². The van der Waals surface area contributed by atoms with E-state index in [1.54, 1.807) is 0 Å². The highest BCUT2D eigenvalue weighted by Gasteiger charge is 2.63. The number of hydrogen-bond donors (Lipinski definition) is 0. The van der Waals surface area contributed by atoms with Crippen LogP contribution < -0.4 is 0 Å². The van der Waals surface area contributed by atoms with Crippen LogP contribution in [-0.4, -0.2) is 41.9 Å². The first-order valence-corrected chi connectivity index (χ1v) is 23.8. The molecule has 0 aromatic carbocycles. The van der Waals surface area contributed by atoms with Crippen LogP contribution in [0.4, 0.5) is 0 Å². The molecule has 0 bridgehead atoms. The lowest BCUT2D eigenvalue weighted by Crippen LogP contribution is -2.59. The first-order valence-electron chi connectivity index (χ1n) is 18.0. The molecule has 2 unspecified atom stereocenters. The van der Waals surface area contributed by atoms with Crippen molar-refractivity contribution in [2.45, 2.75) is 175 Å². The first-order chi connectivity index (χ1) is 19.6. The molecule has 0 spiro atoms. The standard InChI is InChI=1S/C37H70O4Si2/c1-25(15-18-32(38)41-43(13,14)35(5,6)7)28-16-17-29-33-30(20-22-37(28,29)9)36(8)21-19-27(23-26(36)24-31(33)39-10)40-42(11,12)34(2,3)4/h25-31,33H,15-24H2,1-14H3/t25-,26?,27?,28-,29+,30+,31+,33+,36+,37-/m1/s1. The van der Waals surface area contributed by atoms with E-state index in [9.17, 15) is 4.79 Å². The lowest BCUT2D eigenvalue weighted by Gasteiger charge is -2.63. The highest BCUT2D eigenvalue weighted by atomic mass is 28.4. The van der Waals surface area contributed by atoms with Crippen LogP contribution in [-0.2, 0) is 18.4 Å². The van der Waals surface area contributed by atoms with E-state index in [1.165, 1.54) is 51.4 Å². The molecule has 0 aromatic heterocycles. The third-order valence-corrected chi connectivity index (χ3v) is 23.8. The summed E-state index contributed by atoms with van der Waals surface area (Å²) in [6, 6.07) is 0. The molecule has 4 aliphatic rings. The van der Waals surface area contributed by atoms with E-state index in [4.69, 9.17) is 13.6 Å². The number of carbonyl (C=O) groups is 1. The van der Waals surface area contributed by atoms with E-state index < -0.39 is 16.6 Å². The third kappa shape index (κ3) is 6.66. The van der Waals surface area contributed by atoms with E-state index in [1.807, 2.05) is 7.11 Å². The minimum absolute atomic E-state index is 0.0284. The maximum absolute atomic E-state index is 13.0. The van der Waals surface area contributed by atoms with Crippen LogP contribution in [0.1, 0.15) is 127 Å². The number of rotatable bonds is 8. The highest BCUT2D eigenvalue weighted by molar-refractivity contribution is 6.75. The van der Waals surface area contributed by atoms with Gasteiger partial charge in [-0.1, -0.05) is 62.3 Å². The van der Waals surface area contributed by atoms with Gasteiger partial charge in [0.25, 0.3) is 14.3 Å². The number of carbonyl (C=O) groups excluding carboxylic acids is 1. The van der Waals surface area contributed by atoms with Crippen molar-refractivity contribution in [3.63, 3.8) is 0 Å². The average Bonchev–Trinajstić information content (AvgIpc) is 3.22. The van der Waals surface area contributed by atoms with Gasteiger partial charge in [-0.05, 0) is 140 Å². The fourth-order valence-corrected chi connectivity index (χ4v) is 12.5. The molecule has 0 radical (unpaired) electrons. The number of hydrogen-bond acceptors (Lipinski definition) is 4. The second-order valence-corrected chi connectivity index (χ2v) is 28.7. The summed E-state index contributed by atoms with van der Waals surface area (Å²) in [6.07, 6.45) is 12.6. The van der Waals surface area contributed by atoms with Crippen LogP contribution in [0.5, 0.6) is 0 Å². The van der Waals surface area contributed by atoms with Gasteiger partial charge in [0.05, 0.1) is 6.10 Å². The summed E-state index contributed by atoms with van der Waals surface area (Å²) in [5.41, 5.74) is 0.762. The van der Waals surface area contributed by atoms with Gasteiger partial charge in [0, 0.05) is 19.6 Å². The molecule has 4 aliphatic carbocycles. The van der Waals surface area contributed by atoms with Gasteiger partial charge in [-0.25, -0.2) is 0 Å². The molecule has 0 aromatic rings. The van der Waals surface area contributed by atoms with Crippen molar-refractivity contribution in [3.05, 3.63) is 0 Å². The summed E-state index contributed by atoms with van der Waals surface area (Å²) in [5, 5.41) is 0.319. The average molecular weight is 635 g/mol. The molecule has 43 heavy (non-hydrogen) atoms. The monoisotopic (exact) mass is 634 g/mol. The molecule has 250 valence electrons. The van der Waals surface area contributed by atoms with Gasteiger partial charge >= 0.3 is 0 Å². The van der Waals surface area contributed by atoms with Crippen molar-refractivity contribution in [3.8, 4) is 0 Å². The van der Waals surface area contributed by atoms with Crippen LogP contribution >= 0.6 is 0 Å². The Balaban J connectivity index is 1.44. The van der Waals surface area contributed by atoms with Crippen molar-refractivity contribution < 1.29 is 18.4 Å². The van der Waals surface area contributed by atoms with Gasteiger partial charge in [0.2, 0.25) is 0 Å². The minimum atomic E-state index is -2.06. The Hall–Kier alpha value is -0.176. The van der Waals surface area contributed by atoms with Crippen molar-refractivity contribution in [1.82, 2.24) is 0 Å². The second kappa shape index (κ2) is 12.1. The Kier molecular flexibility index (Phi) is 10.1. The van der Waals surface area contributed by atoms with E-state index in [0.29, 0.717) is 53.1 Å². The predicted octanol–water partition coefficient (Wildman–Crippen LogP) is 10.6. The molecule has 4 fully saturated rings. The van der Waals surface area contributed by atoms with Crippen molar-refractivity contribution in [1.29, 1.82) is 0 Å². The van der Waals surface area contributed by atoms with Crippen molar-refractivity contribution in [2.75, 3.05) is 7.11 Å². The molecule has 4 rings (SSSR count). The quantitative estimate of drug-likeness (QED) is 0.249. The lowest BCUT2D eigenvalue weighted by molar-refractivity contribution is -0.181. The smallest absolute Gasteiger partial charge is 0.292 e. The molecule has 0 amide bonds. The van der Waals surface area contributed by atoms with Crippen molar-refractivity contribution in [2.24, 2.45) is 46.3 Å². The Morgan fingerprint density at radius 1 is 0.837 bits per heavy atom. The molecule has 0 heterocycles. The zero-order chi connectivity index (χ0) is 32.4. The van der Waals surface area contributed by atoms with E-state index in [2.05, 4.69) is 88.5 Å². The summed E-state index contributed by atoms with van der Waals surface area (Å²) in [6.45, 7) is 30.7. The zero-order valence-electron chi connectivity index (χ0n) is 30.8.